The van der Waals surface area contributed by atoms with Crippen LogP contribution in [0.25, 0.3) is 155 Å². The molecule has 0 radical (unpaired) electrons. The number of benzene rings is 12. The molecule has 6 heteroatoms. The predicted molar refractivity (Wildman–Crippen MR) is 308 cm³/mol. The van der Waals surface area contributed by atoms with Gasteiger partial charge in [-0.3, -0.25) is 0 Å². The van der Waals surface area contributed by atoms with Gasteiger partial charge in [-0.25, -0.2) is 24.9 Å². The summed E-state index contributed by atoms with van der Waals surface area (Å²) in [6, 6.07) is 86.8. The van der Waals surface area contributed by atoms with Gasteiger partial charge in [-0.2, -0.15) is 0 Å². The highest BCUT2D eigenvalue weighted by Crippen LogP contribution is 2.42. The van der Waals surface area contributed by atoms with Crippen molar-refractivity contribution >= 4 is 75.7 Å². The normalized spacial score (nSPS) is 11.7. The van der Waals surface area contributed by atoms with E-state index >= 15 is 0 Å². The highest BCUT2D eigenvalue weighted by molar-refractivity contribution is 6.23. The van der Waals surface area contributed by atoms with Crippen LogP contribution in [0.1, 0.15) is 0 Å². The Labute approximate surface area is 430 Å². The van der Waals surface area contributed by atoms with Crippen LogP contribution in [0.5, 0.6) is 0 Å². The Morgan fingerprint density at radius 2 is 0.600 bits per heavy atom. The minimum Gasteiger partial charge on any atom is -0.435 e. The lowest BCUT2D eigenvalue weighted by atomic mass is 9.94. The molecule has 348 valence electrons. The summed E-state index contributed by atoms with van der Waals surface area (Å²) < 4.78 is 7.01. The molecule has 6 nitrogen and oxygen atoms in total. The van der Waals surface area contributed by atoms with Crippen LogP contribution in [-0.4, -0.2) is 24.9 Å². The first-order valence-electron chi connectivity index (χ1n) is 25.2. The van der Waals surface area contributed by atoms with Crippen molar-refractivity contribution in [2.24, 2.45) is 0 Å². The van der Waals surface area contributed by atoms with Gasteiger partial charge in [-0.15, -0.1) is 0 Å². The van der Waals surface area contributed by atoms with Gasteiger partial charge in [0.2, 0.25) is 5.89 Å². The molecule has 0 aliphatic carbocycles. The van der Waals surface area contributed by atoms with Crippen LogP contribution in [-0.2, 0) is 0 Å². The van der Waals surface area contributed by atoms with Crippen LogP contribution < -0.4 is 0 Å². The van der Waals surface area contributed by atoms with Gasteiger partial charge in [0.25, 0.3) is 0 Å². The van der Waals surface area contributed by atoms with Crippen molar-refractivity contribution in [2.75, 3.05) is 0 Å². The minimum atomic E-state index is 0.467. The Morgan fingerprint density at radius 1 is 0.240 bits per heavy atom. The van der Waals surface area contributed by atoms with Crippen molar-refractivity contribution in [1.82, 2.24) is 24.9 Å². The first-order chi connectivity index (χ1) is 37.1. The van der Waals surface area contributed by atoms with Gasteiger partial charge in [0.05, 0.1) is 22.8 Å². The van der Waals surface area contributed by atoms with Crippen molar-refractivity contribution in [3.63, 3.8) is 0 Å². The Kier molecular flexibility index (Phi) is 9.78. The maximum Gasteiger partial charge on any atom is 0.227 e. The Bertz CT molecular complexity index is 4480. The largest absolute Gasteiger partial charge is 0.435 e. The number of oxazole rings is 1. The summed E-state index contributed by atoms with van der Waals surface area (Å²) in [7, 11) is 0. The molecule has 12 aromatic carbocycles. The molecule has 0 aliphatic rings. The third-order valence-corrected chi connectivity index (χ3v) is 14.6. The monoisotopic (exact) mass is 955 g/mol. The lowest BCUT2D eigenvalue weighted by molar-refractivity contribution is 0.623. The molecule has 0 atom stereocenters. The first-order valence-corrected chi connectivity index (χ1v) is 25.2. The van der Waals surface area contributed by atoms with Crippen LogP contribution >= 0.6 is 0 Å². The average Bonchev–Trinajstić information content (AvgIpc) is 3.99. The quantitative estimate of drug-likeness (QED) is 0.148. The number of nitrogens with zero attached hydrogens (tertiary/aromatic N) is 5. The molecule has 3 aromatic heterocycles. The third kappa shape index (κ3) is 7.22. The zero-order valence-electron chi connectivity index (χ0n) is 40.3. The maximum atomic E-state index is 7.01. The third-order valence-electron chi connectivity index (χ3n) is 14.6. The van der Waals surface area contributed by atoms with Gasteiger partial charge >= 0.3 is 0 Å². The van der Waals surface area contributed by atoms with E-state index in [0.717, 1.165) is 127 Å². The molecule has 15 rings (SSSR count). The van der Waals surface area contributed by atoms with Crippen LogP contribution in [0.3, 0.4) is 0 Å². The van der Waals surface area contributed by atoms with Crippen molar-refractivity contribution in [2.45, 2.75) is 0 Å². The summed E-state index contributed by atoms with van der Waals surface area (Å²) >= 11 is 0. The molecule has 15 aromatic rings. The summed E-state index contributed by atoms with van der Waals surface area (Å²) in [6.45, 7) is 0. The fraction of sp³-hybridized carbons (Fsp3) is 0. The molecule has 0 saturated carbocycles. The summed E-state index contributed by atoms with van der Waals surface area (Å²) in [5, 5.41) is 13.5. The maximum absolute atomic E-state index is 7.01. The van der Waals surface area contributed by atoms with Gasteiger partial charge in [0, 0.05) is 49.7 Å². The fourth-order valence-electron chi connectivity index (χ4n) is 11.1. The number of hydrogen-bond donors (Lipinski definition) is 0. The van der Waals surface area contributed by atoms with E-state index in [1.807, 2.05) is 12.1 Å². The van der Waals surface area contributed by atoms with E-state index in [0.29, 0.717) is 17.5 Å². The summed E-state index contributed by atoms with van der Waals surface area (Å²) in [5.41, 5.74) is 11.0. The van der Waals surface area contributed by atoms with Gasteiger partial charge in [0.1, 0.15) is 5.52 Å². The summed E-state index contributed by atoms with van der Waals surface area (Å²) in [4.78, 5) is 27.3. The van der Waals surface area contributed by atoms with Crippen LogP contribution in [0.15, 0.2) is 253 Å². The van der Waals surface area contributed by atoms with E-state index in [-0.39, 0.29) is 0 Å². The van der Waals surface area contributed by atoms with E-state index in [4.69, 9.17) is 29.3 Å². The molecule has 0 unspecified atom stereocenters. The van der Waals surface area contributed by atoms with Gasteiger partial charge in [-0.1, -0.05) is 206 Å². The number of rotatable bonds is 7. The molecule has 0 saturated heterocycles. The fourth-order valence-corrected chi connectivity index (χ4v) is 11.1. The van der Waals surface area contributed by atoms with Crippen molar-refractivity contribution < 1.29 is 4.42 Å². The Morgan fingerprint density at radius 3 is 1.09 bits per heavy atom. The minimum absolute atomic E-state index is 0.467. The molecule has 0 aliphatic heterocycles. The summed E-state index contributed by atoms with van der Waals surface area (Å²) in [5.74, 6) is 1.55. The average molecular weight is 956 g/mol. The summed E-state index contributed by atoms with van der Waals surface area (Å²) in [6.07, 6.45) is 0. The second kappa shape index (κ2) is 17.3. The molecule has 3 heterocycles. The van der Waals surface area contributed by atoms with E-state index < -0.39 is 0 Å². The molecule has 0 amide bonds. The van der Waals surface area contributed by atoms with E-state index in [2.05, 4.69) is 237 Å². The van der Waals surface area contributed by atoms with Crippen LogP contribution in [0.4, 0.5) is 0 Å². The molecular formula is C69H41N5O. The SMILES string of the molecule is c1ccc(-c2cc(-c3cc4ccccc4c4ccccc34)nc(-c3cc(-c4nc(-c5ccccc5)cc(-c5cc6ccccc6c6ccccc56)n4)cc(-c4nc5c6ccccc6c6ccccc6c5o4)c3)n2)cc1. The molecule has 0 bridgehead atoms. The standard InChI is InChI=1S/C69H41N5O/c1-3-19-42(20-4-1)61-40-63(59-38-44-23-7-9-25-49(44)51-27-11-13-31-55(51)59)72-67(70-61)46-35-47(37-48(36-46)69-74-65-57-33-17-15-29-53(57)54-30-16-18-34-58(54)66(65)75-69)68-71-62(43-21-5-2-6-22-43)41-64(73-68)60-39-45-24-8-10-26-50(45)52-28-12-14-32-56(52)60/h1-41H. The molecular weight excluding hydrogens is 915 g/mol. The molecule has 0 N–H and O–H groups in total. The lowest BCUT2D eigenvalue weighted by Gasteiger charge is -2.15. The van der Waals surface area contributed by atoms with Crippen molar-refractivity contribution in [3.8, 4) is 79.3 Å². The van der Waals surface area contributed by atoms with E-state index in [9.17, 15) is 0 Å². The second-order valence-corrected chi connectivity index (χ2v) is 19.1. The van der Waals surface area contributed by atoms with Crippen molar-refractivity contribution in [1.29, 1.82) is 0 Å². The van der Waals surface area contributed by atoms with Gasteiger partial charge < -0.3 is 4.42 Å². The molecule has 75 heavy (non-hydrogen) atoms. The van der Waals surface area contributed by atoms with Crippen LogP contribution in [0, 0.1) is 0 Å². The zero-order valence-corrected chi connectivity index (χ0v) is 40.3. The number of aromatic nitrogens is 5. The molecule has 0 fully saturated rings. The van der Waals surface area contributed by atoms with Crippen LogP contribution in [0.2, 0.25) is 0 Å². The Hall–Kier alpha value is -10.2. The first kappa shape index (κ1) is 42.5. The smallest absolute Gasteiger partial charge is 0.227 e. The Balaban J connectivity index is 1.02. The molecule has 0 spiro atoms. The van der Waals surface area contributed by atoms with Crippen molar-refractivity contribution in [3.05, 3.63) is 249 Å². The number of hydrogen-bond acceptors (Lipinski definition) is 6. The van der Waals surface area contributed by atoms with Gasteiger partial charge in [0.15, 0.2) is 17.2 Å². The number of fused-ring (bicyclic) bond motifs is 12. The predicted octanol–water partition coefficient (Wildman–Crippen LogP) is 18.0. The highest BCUT2D eigenvalue weighted by atomic mass is 16.3. The topological polar surface area (TPSA) is 77.6 Å². The highest BCUT2D eigenvalue weighted by Gasteiger charge is 2.22. The van der Waals surface area contributed by atoms with E-state index in [1.165, 1.54) is 10.8 Å². The van der Waals surface area contributed by atoms with Gasteiger partial charge in [-0.05, 0) is 96.3 Å². The second-order valence-electron chi connectivity index (χ2n) is 19.1. The zero-order chi connectivity index (χ0) is 49.4. The van der Waals surface area contributed by atoms with E-state index in [1.54, 1.807) is 0 Å². The lowest BCUT2D eigenvalue weighted by Crippen LogP contribution is -1.99.